The van der Waals surface area contributed by atoms with Crippen LogP contribution in [0.3, 0.4) is 0 Å². The van der Waals surface area contributed by atoms with Gasteiger partial charge < -0.3 is 9.84 Å². The van der Waals surface area contributed by atoms with Gasteiger partial charge in [-0.3, -0.25) is 4.68 Å². The second kappa shape index (κ2) is 5.63. The molecule has 0 aliphatic heterocycles. The Labute approximate surface area is 117 Å². The van der Waals surface area contributed by atoms with E-state index in [4.69, 9.17) is 16.3 Å². The second-order valence-corrected chi connectivity index (χ2v) is 4.73. The van der Waals surface area contributed by atoms with Gasteiger partial charge in [0.05, 0.1) is 24.0 Å². The molecule has 0 amide bonds. The van der Waals surface area contributed by atoms with E-state index in [9.17, 15) is 5.11 Å². The molecular formula is C14H17ClN2O2. The molecule has 0 fully saturated rings. The van der Waals surface area contributed by atoms with Gasteiger partial charge in [-0.25, -0.2) is 0 Å². The number of halogens is 1. The molecule has 1 unspecified atom stereocenters. The van der Waals surface area contributed by atoms with E-state index in [1.54, 1.807) is 18.0 Å². The van der Waals surface area contributed by atoms with E-state index in [1.807, 2.05) is 32.0 Å². The van der Waals surface area contributed by atoms with Gasteiger partial charge in [0.15, 0.2) is 0 Å². The molecule has 1 atom stereocenters. The van der Waals surface area contributed by atoms with Crippen LogP contribution in [0.5, 0.6) is 5.75 Å². The largest absolute Gasteiger partial charge is 0.496 e. The van der Waals surface area contributed by atoms with Crippen molar-refractivity contribution in [3.05, 3.63) is 46.2 Å². The lowest BCUT2D eigenvalue weighted by atomic mass is 10.0. The molecule has 1 heterocycles. The fraction of sp³-hybridized carbons (Fsp3) is 0.357. The Morgan fingerprint density at radius 3 is 2.79 bits per heavy atom. The highest BCUT2D eigenvalue weighted by molar-refractivity contribution is 6.31. The van der Waals surface area contributed by atoms with Gasteiger partial charge in [-0.15, -0.1) is 0 Å². The van der Waals surface area contributed by atoms with Crippen molar-refractivity contribution in [3.8, 4) is 5.75 Å². The van der Waals surface area contributed by atoms with Crippen molar-refractivity contribution in [2.24, 2.45) is 0 Å². The summed E-state index contributed by atoms with van der Waals surface area (Å²) >= 11 is 6.10. The van der Waals surface area contributed by atoms with Gasteiger partial charge >= 0.3 is 0 Å². The fourth-order valence-corrected chi connectivity index (χ4v) is 2.37. The molecule has 2 aromatic rings. The zero-order valence-corrected chi connectivity index (χ0v) is 12.0. The van der Waals surface area contributed by atoms with Gasteiger partial charge in [0, 0.05) is 6.54 Å². The Bertz CT molecular complexity index is 581. The lowest BCUT2D eigenvalue weighted by Gasteiger charge is -2.15. The van der Waals surface area contributed by atoms with E-state index in [2.05, 4.69) is 5.10 Å². The van der Waals surface area contributed by atoms with Crippen molar-refractivity contribution in [2.75, 3.05) is 7.11 Å². The van der Waals surface area contributed by atoms with Crippen LogP contribution in [0.4, 0.5) is 0 Å². The molecule has 0 saturated heterocycles. The van der Waals surface area contributed by atoms with Gasteiger partial charge in [-0.1, -0.05) is 17.7 Å². The highest BCUT2D eigenvalue weighted by Gasteiger charge is 2.19. The third-order valence-corrected chi connectivity index (χ3v) is 3.42. The normalized spacial score (nSPS) is 12.5. The summed E-state index contributed by atoms with van der Waals surface area (Å²) in [6.07, 6.45) is 0.763. The number of aliphatic hydroxyl groups excluding tert-OH is 1. The predicted molar refractivity (Wildman–Crippen MR) is 74.7 cm³/mol. The SMILES string of the molecule is CCn1ncc(Cl)c1C(O)c1ccc(OC)c(C)c1. The number of benzene rings is 1. The van der Waals surface area contributed by atoms with E-state index in [1.165, 1.54) is 0 Å². The van der Waals surface area contributed by atoms with E-state index in [0.29, 0.717) is 17.3 Å². The molecule has 0 aliphatic carbocycles. The first-order valence-corrected chi connectivity index (χ1v) is 6.50. The minimum absolute atomic E-state index is 0.475. The van der Waals surface area contributed by atoms with E-state index >= 15 is 0 Å². The Morgan fingerprint density at radius 2 is 2.21 bits per heavy atom. The minimum atomic E-state index is -0.792. The summed E-state index contributed by atoms with van der Waals surface area (Å²) in [4.78, 5) is 0. The maximum absolute atomic E-state index is 10.5. The number of hydrogen-bond acceptors (Lipinski definition) is 3. The number of aliphatic hydroxyl groups is 1. The second-order valence-electron chi connectivity index (χ2n) is 4.33. The van der Waals surface area contributed by atoms with Crippen molar-refractivity contribution in [3.63, 3.8) is 0 Å². The number of ether oxygens (including phenoxy) is 1. The highest BCUT2D eigenvalue weighted by atomic mass is 35.5. The topological polar surface area (TPSA) is 47.3 Å². The number of aryl methyl sites for hydroxylation is 2. The zero-order chi connectivity index (χ0) is 14.0. The third kappa shape index (κ3) is 2.60. The van der Waals surface area contributed by atoms with E-state index in [-0.39, 0.29) is 0 Å². The lowest BCUT2D eigenvalue weighted by Crippen LogP contribution is -2.09. The van der Waals surface area contributed by atoms with Gasteiger partial charge in [0.1, 0.15) is 11.9 Å². The third-order valence-electron chi connectivity index (χ3n) is 3.13. The number of rotatable bonds is 4. The molecular weight excluding hydrogens is 264 g/mol. The van der Waals surface area contributed by atoms with Crippen molar-refractivity contribution in [2.45, 2.75) is 26.5 Å². The molecule has 0 radical (unpaired) electrons. The predicted octanol–water partition coefficient (Wildman–Crippen LogP) is 2.96. The van der Waals surface area contributed by atoms with Gasteiger partial charge in [0.25, 0.3) is 0 Å². The maximum Gasteiger partial charge on any atom is 0.122 e. The standard InChI is InChI=1S/C14H17ClN2O2/c1-4-17-13(11(15)8-16-17)14(18)10-5-6-12(19-3)9(2)7-10/h5-8,14,18H,4H2,1-3H3. The molecule has 0 spiro atoms. The fourth-order valence-electron chi connectivity index (χ4n) is 2.13. The molecule has 4 nitrogen and oxygen atoms in total. The summed E-state index contributed by atoms with van der Waals surface area (Å²) in [7, 11) is 1.63. The summed E-state index contributed by atoms with van der Waals surface area (Å²) in [5, 5.41) is 15.1. The molecule has 5 heteroatoms. The van der Waals surface area contributed by atoms with Crippen LogP contribution in [0, 0.1) is 6.92 Å². The lowest BCUT2D eigenvalue weighted by molar-refractivity contribution is 0.208. The molecule has 1 N–H and O–H groups in total. The summed E-state index contributed by atoms with van der Waals surface area (Å²) < 4.78 is 6.91. The summed E-state index contributed by atoms with van der Waals surface area (Å²) in [6, 6.07) is 5.57. The zero-order valence-electron chi connectivity index (χ0n) is 11.2. The number of methoxy groups -OCH3 is 1. The van der Waals surface area contributed by atoms with Crippen LogP contribution in [-0.4, -0.2) is 22.0 Å². The van der Waals surface area contributed by atoms with E-state index < -0.39 is 6.10 Å². The summed E-state index contributed by atoms with van der Waals surface area (Å²) in [5.41, 5.74) is 2.36. The molecule has 0 saturated carbocycles. The van der Waals surface area contributed by atoms with Crippen LogP contribution in [0.25, 0.3) is 0 Å². The van der Waals surface area contributed by atoms with Crippen LogP contribution in [0.15, 0.2) is 24.4 Å². The Balaban J connectivity index is 2.41. The molecule has 0 aliphatic rings. The molecule has 19 heavy (non-hydrogen) atoms. The average molecular weight is 281 g/mol. The van der Waals surface area contributed by atoms with Crippen molar-refractivity contribution in [1.29, 1.82) is 0 Å². The van der Waals surface area contributed by atoms with Crippen LogP contribution in [0.1, 0.15) is 29.8 Å². The van der Waals surface area contributed by atoms with Gasteiger partial charge in [-0.05, 0) is 37.1 Å². The maximum atomic E-state index is 10.5. The van der Waals surface area contributed by atoms with Gasteiger partial charge in [0.2, 0.25) is 0 Å². The van der Waals surface area contributed by atoms with Crippen LogP contribution in [0.2, 0.25) is 5.02 Å². The van der Waals surface area contributed by atoms with Crippen LogP contribution >= 0.6 is 11.6 Å². The first-order chi connectivity index (χ1) is 9.08. The molecule has 0 bridgehead atoms. The van der Waals surface area contributed by atoms with E-state index in [0.717, 1.165) is 16.9 Å². The smallest absolute Gasteiger partial charge is 0.122 e. The quantitative estimate of drug-likeness (QED) is 0.937. The minimum Gasteiger partial charge on any atom is -0.496 e. The average Bonchev–Trinajstić information content (AvgIpc) is 2.78. The summed E-state index contributed by atoms with van der Waals surface area (Å²) in [6.45, 7) is 4.56. The molecule has 102 valence electrons. The first-order valence-electron chi connectivity index (χ1n) is 6.12. The molecule has 2 rings (SSSR count). The van der Waals surface area contributed by atoms with Crippen molar-refractivity contribution < 1.29 is 9.84 Å². The molecule has 1 aromatic carbocycles. The first kappa shape index (κ1) is 13.9. The van der Waals surface area contributed by atoms with Crippen LogP contribution < -0.4 is 4.74 Å². The summed E-state index contributed by atoms with van der Waals surface area (Å²) in [5.74, 6) is 0.797. The monoisotopic (exact) mass is 280 g/mol. The number of aromatic nitrogens is 2. The number of hydrogen-bond donors (Lipinski definition) is 1. The van der Waals surface area contributed by atoms with Crippen molar-refractivity contribution in [1.82, 2.24) is 9.78 Å². The Morgan fingerprint density at radius 1 is 1.47 bits per heavy atom. The Hall–Kier alpha value is -1.52. The van der Waals surface area contributed by atoms with Crippen LogP contribution in [-0.2, 0) is 6.54 Å². The number of nitrogens with zero attached hydrogens (tertiary/aromatic N) is 2. The Kier molecular flexibility index (Phi) is 4.12. The van der Waals surface area contributed by atoms with Crippen molar-refractivity contribution >= 4 is 11.6 Å². The van der Waals surface area contributed by atoms with Gasteiger partial charge in [-0.2, -0.15) is 5.10 Å². The molecule has 1 aromatic heterocycles. The highest BCUT2D eigenvalue weighted by Crippen LogP contribution is 2.30.